The molecule has 0 atom stereocenters. The molecule has 0 spiro atoms. The number of nitriles is 1. The van der Waals surface area contributed by atoms with Crippen LogP contribution in [-0.4, -0.2) is 61.3 Å². The molecule has 1 N–H and O–H groups in total. The number of carbonyl (C=O) groups excluding carboxylic acids is 1. The lowest BCUT2D eigenvalue weighted by atomic mass is 10.0. The van der Waals surface area contributed by atoms with Crippen LogP contribution in [0.2, 0.25) is 0 Å². The molecule has 0 saturated carbocycles. The lowest BCUT2D eigenvalue weighted by Crippen LogP contribution is -2.13. The van der Waals surface area contributed by atoms with Crippen molar-refractivity contribution in [2.24, 2.45) is 0 Å². The highest BCUT2D eigenvalue weighted by atomic mass is 31.2. The molecule has 0 bridgehead atoms. The molecule has 0 aliphatic heterocycles. The third kappa shape index (κ3) is 8.20. The van der Waals surface area contributed by atoms with Gasteiger partial charge in [-0.15, -0.1) is 0 Å². The summed E-state index contributed by atoms with van der Waals surface area (Å²) in [4.78, 5) is 19.2. The average molecular weight is 618 g/mol. The summed E-state index contributed by atoms with van der Waals surface area (Å²) in [6.45, 7) is 4.23. The summed E-state index contributed by atoms with van der Waals surface area (Å²) in [5.74, 6) is 0.304. The lowest BCUT2D eigenvalue weighted by Gasteiger charge is -2.16. The smallest absolute Gasteiger partial charge is 0.476 e. The minimum absolute atomic E-state index is 0.144. The van der Waals surface area contributed by atoms with E-state index in [4.69, 9.17) is 23.3 Å². The SMILES string of the molecule is CCOP(=O)(OCC)OCn1cc(-c2cccc(C#N)c2)c2cc(-c3cc(NC(=O)C=CCN(C)C)cc(OC)c3)cnc21. The van der Waals surface area contributed by atoms with Gasteiger partial charge in [0.2, 0.25) is 5.91 Å². The standard InChI is InChI=1S/C32H36N5O6P/c1-6-41-44(39,42-7-2)43-22-37-21-30(24-11-8-10-23(14-24)19-33)29-17-26(20-34-32(29)37)25-15-27(18-28(16-25)40-5)35-31(38)12-9-13-36(3)4/h8-12,14-18,20-21H,6-7,13,22H2,1-5H3,(H,35,38). The van der Waals surface area contributed by atoms with E-state index in [0.717, 1.165) is 27.6 Å². The maximum Gasteiger partial charge on any atom is 0.476 e. The Kier molecular flexibility index (Phi) is 11.1. The van der Waals surface area contributed by atoms with E-state index in [0.29, 0.717) is 29.2 Å². The molecule has 12 heteroatoms. The Morgan fingerprint density at radius 1 is 1.07 bits per heavy atom. The molecule has 2 aromatic heterocycles. The van der Waals surface area contributed by atoms with Crippen molar-refractivity contribution < 1.29 is 27.7 Å². The van der Waals surface area contributed by atoms with Crippen LogP contribution >= 0.6 is 7.82 Å². The zero-order valence-electron chi connectivity index (χ0n) is 25.4. The Balaban J connectivity index is 1.77. The van der Waals surface area contributed by atoms with Crippen LogP contribution in [-0.2, 0) is 29.7 Å². The predicted molar refractivity (Wildman–Crippen MR) is 170 cm³/mol. The van der Waals surface area contributed by atoms with Crippen molar-refractivity contribution in [3.8, 4) is 34.1 Å². The highest BCUT2D eigenvalue weighted by molar-refractivity contribution is 7.48. The van der Waals surface area contributed by atoms with Gasteiger partial charge in [0, 0.05) is 53.3 Å². The molecular weight excluding hydrogens is 581 g/mol. The van der Waals surface area contributed by atoms with Gasteiger partial charge in [-0.1, -0.05) is 18.2 Å². The average Bonchev–Trinajstić information content (AvgIpc) is 3.38. The zero-order valence-corrected chi connectivity index (χ0v) is 26.3. The highest BCUT2D eigenvalue weighted by Crippen LogP contribution is 2.49. The summed E-state index contributed by atoms with van der Waals surface area (Å²) < 4.78 is 36.5. The number of nitrogens with one attached hydrogen (secondary N) is 1. The summed E-state index contributed by atoms with van der Waals surface area (Å²) in [5, 5.41) is 13.2. The topological polar surface area (TPSA) is 128 Å². The summed E-state index contributed by atoms with van der Waals surface area (Å²) in [7, 11) is 1.63. The molecule has 1 amide bonds. The number of aromatic nitrogens is 2. The van der Waals surface area contributed by atoms with Crippen LogP contribution in [0.25, 0.3) is 33.3 Å². The van der Waals surface area contributed by atoms with Crippen molar-refractivity contribution in [1.29, 1.82) is 5.26 Å². The minimum atomic E-state index is -3.78. The Hall–Kier alpha value is -4.30. The largest absolute Gasteiger partial charge is 0.497 e. The first kappa shape index (κ1) is 32.6. The second kappa shape index (κ2) is 14.9. The van der Waals surface area contributed by atoms with Crippen LogP contribution in [0.5, 0.6) is 5.75 Å². The number of anilines is 1. The normalized spacial score (nSPS) is 11.8. The van der Waals surface area contributed by atoms with E-state index in [9.17, 15) is 14.6 Å². The quantitative estimate of drug-likeness (QED) is 0.125. The monoisotopic (exact) mass is 617 g/mol. The third-order valence-electron chi connectivity index (χ3n) is 6.43. The number of ether oxygens (including phenoxy) is 1. The van der Waals surface area contributed by atoms with Gasteiger partial charge >= 0.3 is 7.82 Å². The van der Waals surface area contributed by atoms with E-state index in [1.54, 1.807) is 56.0 Å². The van der Waals surface area contributed by atoms with Crippen molar-refractivity contribution in [2.75, 3.05) is 46.3 Å². The fourth-order valence-corrected chi connectivity index (χ4v) is 5.61. The molecule has 0 fully saturated rings. The van der Waals surface area contributed by atoms with Gasteiger partial charge in [-0.05, 0) is 69.4 Å². The lowest BCUT2D eigenvalue weighted by molar-refractivity contribution is -0.111. The summed E-state index contributed by atoms with van der Waals surface area (Å²) in [5.41, 5.74) is 4.76. The van der Waals surface area contributed by atoms with Gasteiger partial charge in [0.1, 0.15) is 18.1 Å². The fraction of sp³-hybridized carbons (Fsp3) is 0.281. The highest BCUT2D eigenvalue weighted by Gasteiger charge is 2.26. The van der Waals surface area contributed by atoms with Crippen molar-refractivity contribution in [2.45, 2.75) is 20.6 Å². The van der Waals surface area contributed by atoms with E-state index < -0.39 is 7.82 Å². The number of phosphoric ester groups is 1. The fourth-order valence-electron chi connectivity index (χ4n) is 4.48. The second-order valence-electron chi connectivity index (χ2n) is 9.95. The van der Waals surface area contributed by atoms with E-state index in [1.165, 1.54) is 6.08 Å². The third-order valence-corrected chi connectivity index (χ3v) is 8.01. The maximum atomic E-state index is 13.0. The number of likely N-dealkylation sites (N-methyl/N-ethyl adjacent to an activating group) is 1. The maximum absolute atomic E-state index is 13.0. The molecule has 0 aliphatic carbocycles. The molecule has 0 aliphatic rings. The number of hydrogen-bond acceptors (Lipinski definition) is 9. The van der Waals surface area contributed by atoms with Crippen LogP contribution in [0.4, 0.5) is 5.69 Å². The Morgan fingerprint density at radius 3 is 2.52 bits per heavy atom. The molecular formula is C32H36N5O6P. The van der Waals surface area contributed by atoms with Gasteiger partial charge in [-0.2, -0.15) is 5.26 Å². The summed E-state index contributed by atoms with van der Waals surface area (Å²) in [6, 6.07) is 16.8. The number of benzene rings is 2. The first-order chi connectivity index (χ1) is 21.2. The van der Waals surface area contributed by atoms with Gasteiger partial charge in [-0.3, -0.25) is 18.4 Å². The first-order valence-electron chi connectivity index (χ1n) is 14.0. The van der Waals surface area contributed by atoms with E-state index in [2.05, 4.69) is 11.4 Å². The Bertz CT molecular complexity index is 1730. The number of fused-ring (bicyclic) bond motifs is 1. The van der Waals surface area contributed by atoms with Crippen molar-refractivity contribution in [1.82, 2.24) is 14.5 Å². The minimum Gasteiger partial charge on any atom is -0.497 e. The van der Waals surface area contributed by atoms with E-state index in [1.807, 2.05) is 55.5 Å². The molecule has 44 heavy (non-hydrogen) atoms. The molecule has 0 saturated heterocycles. The molecule has 2 aromatic carbocycles. The summed E-state index contributed by atoms with van der Waals surface area (Å²) in [6.07, 6.45) is 6.82. The van der Waals surface area contributed by atoms with Crippen LogP contribution in [0.3, 0.4) is 0 Å². The van der Waals surface area contributed by atoms with Crippen molar-refractivity contribution >= 4 is 30.5 Å². The molecule has 2 heterocycles. The van der Waals surface area contributed by atoms with Crippen LogP contribution in [0.15, 0.2) is 73.1 Å². The number of amides is 1. The predicted octanol–water partition coefficient (Wildman–Crippen LogP) is 6.46. The van der Waals surface area contributed by atoms with Crippen LogP contribution < -0.4 is 10.1 Å². The number of nitrogens with zero attached hydrogens (tertiary/aromatic N) is 4. The van der Waals surface area contributed by atoms with E-state index >= 15 is 0 Å². The molecule has 11 nitrogen and oxygen atoms in total. The zero-order chi connectivity index (χ0) is 31.7. The Labute approximate surface area is 257 Å². The first-order valence-corrected chi connectivity index (χ1v) is 15.5. The van der Waals surface area contributed by atoms with Crippen molar-refractivity contribution in [3.63, 3.8) is 0 Å². The number of phosphoric acid groups is 1. The number of carbonyl (C=O) groups is 1. The van der Waals surface area contributed by atoms with Gasteiger partial charge in [0.15, 0.2) is 0 Å². The van der Waals surface area contributed by atoms with Crippen LogP contribution in [0, 0.1) is 11.3 Å². The Morgan fingerprint density at radius 2 is 1.84 bits per heavy atom. The van der Waals surface area contributed by atoms with E-state index in [-0.39, 0.29) is 25.9 Å². The van der Waals surface area contributed by atoms with Gasteiger partial charge in [0.25, 0.3) is 0 Å². The number of rotatable bonds is 14. The van der Waals surface area contributed by atoms with Crippen molar-refractivity contribution in [3.05, 3.63) is 78.6 Å². The molecule has 230 valence electrons. The second-order valence-corrected chi connectivity index (χ2v) is 11.6. The number of hydrogen-bond donors (Lipinski definition) is 1. The van der Waals surface area contributed by atoms with Crippen LogP contribution in [0.1, 0.15) is 19.4 Å². The molecule has 4 aromatic rings. The number of pyridine rings is 1. The van der Waals surface area contributed by atoms with Gasteiger partial charge < -0.3 is 19.5 Å². The van der Waals surface area contributed by atoms with Gasteiger partial charge in [0.05, 0.1) is 32.0 Å². The van der Waals surface area contributed by atoms with Gasteiger partial charge in [-0.25, -0.2) is 9.55 Å². The molecule has 4 rings (SSSR count). The number of methoxy groups -OCH3 is 1. The summed E-state index contributed by atoms with van der Waals surface area (Å²) >= 11 is 0. The molecule has 0 unspecified atom stereocenters. The molecule has 0 radical (unpaired) electrons.